The molecule has 0 saturated heterocycles. The molecule has 0 fully saturated rings. The Labute approximate surface area is 114 Å². The fraction of sp³-hybridized carbons (Fsp3) is 0.500. The second-order valence-electron chi connectivity index (χ2n) is 4.37. The predicted octanol–water partition coefficient (Wildman–Crippen LogP) is 2.61. The van der Waals surface area contributed by atoms with E-state index in [2.05, 4.69) is 45.6 Å². The van der Waals surface area contributed by atoms with E-state index in [9.17, 15) is 0 Å². The number of aryl methyl sites for hydroxylation is 1. The highest BCUT2D eigenvalue weighted by Gasteiger charge is 2.13. The van der Waals surface area contributed by atoms with Crippen molar-refractivity contribution in [2.45, 2.75) is 40.0 Å². The molecular formula is C14H21N5. The first-order valence-corrected chi connectivity index (χ1v) is 6.92. The van der Waals surface area contributed by atoms with Gasteiger partial charge in [0.25, 0.3) is 0 Å². The Morgan fingerprint density at radius 3 is 2.68 bits per heavy atom. The number of rotatable bonds is 6. The summed E-state index contributed by atoms with van der Waals surface area (Å²) in [4.78, 5) is 13.2. The summed E-state index contributed by atoms with van der Waals surface area (Å²) in [5.74, 6) is 2.91. The first-order valence-electron chi connectivity index (χ1n) is 6.92. The SMILES string of the molecule is CCCc1c(NCC)ncnc1-n1ccnc1CC. The molecule has 0 aliphatic rings. The van der Waals surface area contributed by atoms with Gasteiger partial charge in [0.1, 0.15) is 23.8 Å². The second-order valence-corrected chi connectivity index (χ2v) is 4.37. The van der Waals surface area contributed by atoms with Gasteiger partial charge in [-0.05, 0) is 13.3 Å². The zero-order chi connectivity index (χ0) is 13.7. The lowest BCUT2D eigenvalue weighted by molar-refractivity contribution is 0.820. The highest BCUT2D eigenvalue weighted by Crippen LogP contribution is 2.21. The van der Waals surface area contributed by atoms with E-state index < -0.39 is 0 Å². The van der Waals surface area contributed by atoms with Crippen LogP contribution < -0.4 is 5.32 Å². The monoisotopic (exact) mass is 259 g/mol. The van der Waals surface area contributed by atoms with E-state index in [4.69, 9.17) is 0 Å². The molecule has 2 aromatic heterocycles. The maximum Gasteiger partial charge on any atom is 0.146 e. The maximum atomic E-state index is 4.46. The largest absolute Gasteiger partial charge is 0.370 e. The number of nitrogens with one attached hydrogen (secondary N) is 1. The normalized spacial score (nSPS) is 10.7. The summed E-state index contributed by atoms with van der Waals surface area (Å²) in [6.07, 6.45) is 8.32. The van der Waals surface area contributed by atoms with E-state index in [1.807, 2.05) is 12.4 Å². The number of aromatic nitrogens is 4. The van der Waals surface area contributed by atoms with Gasteiger partial charge in [0.15, 0.2) is 0 Å². The van der Waals surface area contributed by atoms with Crippen molar-refractivity contribution >= 4 is 5.82 Å². The Morgan fingerprint density at radius 1 is 1.16 bits per heavy atom. The van der Waals surface area contributed by atoms with Crippen LogP contribution in [0.4, 0.5) is 5.82 Å². The Morgan fingerprint density at radius 2 is 2.00 bits per heavy atom. The molecule has 102 valence electrons. The lowest BCUT2D eigenvalue weighted by Gasteiger charge is -2.14. The molecule has 0 bridgehead atoms. The van der Waals surface area contributed by atoms with Crippen LogP contribution >= 0.6 is 0 Å². The molecule has 5 nitrogen and oxygen atoms in total. The van der Waals surface area contributed by atoms with Crippen molar-refractivity contribution in [3.63, 3.8) is 0 Å². The number of nitrogens with zero attached hydrogens (tertiary/aromatic N) is 4. The molecule has 0 radical (unpaired) electrons. The molecule has 5 heteroatoms. The van der Waals surface area contributed by atoms with Gasteiger partial charge in [-0.3, -0.25) is 4.57 Å². The van der Waals surface area contributed by atoms with E-state index in [1.54, 1.807) is 6.33 Å². The van der Waals surface area contributed by atoms with Gasteiger partial charge in [-0.1, -0.05) is 20.3 Å². The van der Waals surface area contributed by atoms with Gasteiger partial charge >= 0.3 is 0 Å². The lowest BCUT2D eigenvalue weighted by Crippen LogP contribution is -2.11. The molecule has 0 aliphatic carbocycles. The van der Waals surface area contributed by atoms with Crippen LogP contribution in [0.3, 0.4) is 0 Å². The van der Waals surface area contributed by atoms with Crippen molar-refractivity contribution < 1.29 is 0 Å². The Bertz CT molecular complexity index is 532. The summed E-state index contributed by atoms with van der Waals surface area (Å²) in [6.45, 7) is 7.20. The van der Waals surface area contributed by atoms with Gasteiger partial charge < -0.3 is 5.32 Å². The minimum atomic E-state index is 0.859. The lowest BCUT2D eigenvalue weighted by atomic mass is 10.1. The van der Waals surface area contributed by atoms with E-state index in [0.717, 1.165) is 43.3 Å². The zero-order valence-electron chi connectivity index (χ0n) is 11.8. The molecular weight excluding hydrogens is 238 g/mol. The molecule has 0 atom stereocenters. The third-order valence-electron chi connectivity index (χ3n) is 3.03. The fourth-order valence-electron chi connectivity index (χ4n) is 2.20. The van der Waals surface area contributed by atoms with Gasteiger partial charge in [0, 0.05) is 30.9 Å². The molecule has 0 spiro atoms. The summed E-state index contributed by atoms with van der Waals surface area (Å²) in [5.41, 5.74) is 1.17. The maximum absolute atomic E-state index is 4.46. The number of imidazole rings is 1. The Balaban J connectivity index is 2.52. The molecule has 0 aromatic carbocycles. The smallest absolute Gasteiger partial charge is 0.146 e. The van der Waals surface area contributed by atoms with E-state index in [-0.39, 0.29) is 0 Å². The summed E-state index contributed by atoms with van der Waals surface area (Å²) in [6, 6.07) is 0. The van der Waals surface area contributed by atoms with Crippen LogP contribution in [0.25, 0.3) is 5.82 Å². The summed E-state index contributed by atoms with van der Waals surface area (Å²) in [7, 11) is 0. The predicted molar refractivity (Wildman–Crippen MR) is 76.7 cm³/mol. The third kappa shape index (κ3) is 2.75. The van der Waals surface area contributed by atoms with Crippen molar-refractivity contribution in [2.75, 3.05) is 11.9 Å². The van der Waals surface area contributed by atoms with Gasteiger partial charge in [-0.2, -0.15) is 0 Å². The summed E-state index contributed by atoms with van der Waals surface area (Å²) < 4.78 is 2.06. The van der Waals surface area contributed by atoms with Gasteiger partial charge in [-0.25, -0.2) is 15.0 Å². The van der Waals surface area contributed by atoms with Crippen LogP contribution in [0.15, 0.2) is 18.7 Å². The minimum absolute atomic E-state index is 0.859. The molecule has 0 saturated carbocycles. The van der Waals surface area contributed by atoms with E-state index in [0.29, 0.717) is 0 Å². The van der Waals surface area contributed by atoms with Crippen molar-refractivity contribution in [2.24, 2.45) is 0 Å². The highest BCUT2D eigenvalue weighted by molar-refractivity contribution is 5.52. The number of hydrogen-bond acceptors (Lipinski definition) is 4. The van der Waals surface area contributed by atoms with Crippen molar-refractivity contribution in [3.05, 3.63) is 30.1 Å². The molecule has 0 unspecified atom stereocenters. The Kier molecular flexibility index (Phi) is 4.49. The molecule has 0 amide bonds. The van der Waals surface area contributed by atoms with Crippen molar-refractivity contribution in [1.82, 2.24) is 19.5 Å². The second kappa shape index (κ2) is 6.31. The number of hydrogen-bond donors (Lipinski definition) is 1. The third-order valence-corrected chi connectivity index (χ3v) is 3.03. The van der Waals surface area contributed by atoms with E-state index >= 15 is 0 Å². The summed E-state index contributed by atoms with van der Waals surface area (Å²) >= 11 is 0. The van der Waals surface area contributed by atoms with Crippen LogP contribution in [-0.2, 0) is 12.8 Å². The topological polar surface area (TPSA) is 55.6 Å². The minimum Gasteiger partial charge on any atom is -0.370 e. The quantitative estimate of drug-likeness (QED) is 0.866. The molecule has 19 heavy (non-hydrogen) atoms. The zero-order valence-corrected chi connectivity index (χ0v) is 11.8. The standard InChI is InChI=1S/C14H21N5/c1-4-7-11-13(15-6-3)17-10-18-14(11)19-9-8-16-12(19)5-2/h8-10H,4-7H2,1-3H3,(H,15,17,18). The number of anilines is 1. The van der Waals surface area contributed by atoms with Crippen LogP contribution in [-0.4, -0.2) is 26.1 Å². The van der Waals surface area contributed by atoms with Gasteiger partial charge in [0.05, 0.1) is 0 Å². The van der Waals surface area contributed by atoms with Gasteiger partial charge in [-0.15, -0.1) is 0 Å². The van der Waals surface area contributed by atoms with Crippen LogP contribution in [0.5, 0.6) is 0 Å². The van der Waals surface area contributed by atoms with Gasteiger partial charge in [0.2, 0.25) is 0 Å². The highest BCUT2D eigenvalue weighted by atomic mass is 15.1. The summed E-state index contributed by atoms with van der Waals surface area (Å²) in [5, 5.41) is 3.32. The molecule has 2 aromatic rings. The van der Waals surface area contributed by atoms with Crippen LogP contribution in [0.2, 0.25) is 0 Å². The first-order chi connectivity index (χ1) is 9.31. The van der Waals surface area contributed by atoms with Crippen molar-refractivity contribution in [3.8, 4) is 5.82 Å². The molecule has 1 N–H and O–H groups in total. The van der Waals surface area contributed by atoms with E-state index in [1.165, 1.54) is 5.56 Å². The molecule has 0 aliphatic heterocycles. The first kappa shape index (κ1) is 13.5. The molecule has 2 heterocycles. The average molecular weight is 259 g/mol. The molecule has 2 rings (SSSR count). The van der Waals surface area contributed by atoms with Crippen molar-refractivity contribution in [1.29, 1.82) is 0 Å². The fourth-order valence-corrected chi connectivity index (χ4v) is 2.20. The Hall–Kier alpha value is -1.91. The van der Waals surface area contributed by atoms with Crippen LogP contribution in [0.1, 0.15) is 38.6 Å². The average Bonchev–Trinajstić information content (AvgIpc) is 2.89. The van der Waals surface area contributed by atoms with Crippen LogP contribution in [0, 0.1) is 0 Å².